The number of nitrogens with zero attached hydrogens (tertiary/aromatic N) is 1. The summed E-state index contributed by atoms with van der Waals surface area (Å²) in [5.41, 5.74) is -2.05. The normalized spacial score (nSPS) is 21.8. The minimum Gasteiger partial charge on any atom is -0.479 e. The van der Waals surface area contributed by atoms with E-state index in [0.29, 0.717) is 13.0 Å². The van der Waals surface area contributed by atoms with Gasteiger partial charge in [-0.05, 0) is 26.2 Å². The number of hydrogen-bond donors (Lipinski definition) is 3. The Bertz CT molecular complexity index is 395. The van der Waals surface area contributed by atoms with Gasteiger partial charge >= 0.3 is 18.0 Å². The minimum absolute atomic E-state index is 0.390. The summed E-state index contributed by atoms with van der Waals surface area (Å²) in [6.07, 6.45) is 2.09. The standard InChI is InChI=1S/C12H20N2O6/c1-12(19,10(16)17)7-13-11(18)14-6-4-3-5-8(14)9(15)20-2/h8,19H,3-7H2,1-2H3,(H,13,18)(H,16,17). The molecule has 0 saturated carbocycles. The number of piperidine rings is 1. The second kappa shape index (κ2) is 6.56. The topological polar surface area (TPSA) is 116 Å². The van der Waals surface area contributed by atoms with Crippen molar-refractivity contribution in [1.82, 2.24) is 10.2 Å². The molecule has 2 atom stereocenters. The summed E-state index contributed by atoms with van der Waals surface area (Å²) in [6.45, 7) is 1.04. The second-order valence-electron chi connectivity index (χ2n) is 4.97. The van der Waals surface area contributed by atoms with Gasteiger partial charge in [0.05, 0.1) is 13.7 Å². The molecule has 0 aromatic heterocycles. The summed E-state index contributed by atoms with van der Waals surface area (Å²) in [5.74, 6) is -1.93. The predicted octanol–water partition coefficient (Wildman–Crippen LogP) is -0.441. The van der Waals surface area contributed by atoms with Crippen molar-refractivity contribution in [3.8, 4) is 0 Å². The van der Waals surface area contributed by atoms with Crippen molar-refractivity contribution in [3.63, 3.8) is 0 Å². The Morgan fingerprint density at radius 1 is 1.40 bits per heavy atom. The van der Waals surface area contributed by atoms with Crippen LogP contribution in [-0.2, 0) is 14.3 Å². The van der Waals surface area contributed by atoms with Crippen LogP contribution in [0.3, 0.4) is 0 Å². The van der Waals surface area contributed by atoms with Crippen LogP contribution in [0.15, 0.2) is 0 Å². The number of carboxylic acids is 1. The van der Waals surface area contributed by atoms with E-state index in [0.717, 1.165) is 19.8 Å². The minimum atomic E-state index is -2.05. The Balaban J connectivity index is 2.64. The highest BCUT2D eigenvalue weighted by molar-refractivity contribution is 5.84. The molecule has 2 unspecified atom stereocenters. The molecule has 20 heavy (non-hydrogen) atoms. The number of carbonyl (C=O) groups is 3. The van der Waals surface area contributed by atoms with Gasteiger partial charge in [-0.1, -0.05) is 0 Å². The molecule has 0 spiro atoms. The van der Waals surface area contributed by atoms with Crippen LogP contribution >= 0.6 is 0 Å². The Morgan fingerprint density at radius 3 is 2.60 bits per heavy atom. The monoisotopic (exact) mass is 288 g/mol. The van der Waals surface area contributed by atoms with Crippen molar-refractivity contribution >= 4 is 18.0 Å². The van der Waals surface area contributed by atoms with E-state index < -0.39 is 36.2 Å². The molecule has 1 aliphatic rings. The lowest BCUT2D eigenvalue weighted by molar-refractivity contribution is -0.156. The molecule has 0 aliphatic carbocycles. The Hall–Kier alpha value is -1.83. The zero-order valence-electron chi connectivity index (χ0n) is 11.6. The Kier molecular flexibility index (Phi) is 5.32. The van der Waals surface area contributed by atoms with E-state index in [9.17, 15) is 19.5 Å². The van der Waals surface area contributed by atoms with Crippen LogP contribution in [0.25, 0.3) is 0 Å². The maximum atomic E-state index is 12.0. The number of aliphatic hydroxyl groups is 1. The van der Waals surface area contributed by atoms with E-state index in [1.54, 1.807) is 0 Å². The predicted molar refractivity (Wildman–Crippen MR) is 68.0 cm³/mol. The van der Waals surface area contributed by atoms with Crippen LogP contribution in [0.1, 0.15) is 26.2 Å². The molecule has 3 N–H and O–H groups in total. The first kappa shape index (κ1) is 16.2. The average molecular weight is 288 g/mol. The molecular formula is C12H20N2O6. The third kappa shape index (κ3) is 3.83. The summed E-state index contributed by atoms with van der Waals surface area (Å²) < 4.78 is 4.65. The van der Waals surface area contributed by atoms with Crippen LogP contribution in [0.2, 0.25) is 0 Å². The van der Waals surface area contributed by atoms with Gasteiger partial charge in [0.1, 0.15) is 6.04 Å². The highest BCUT2D eigenvalue weighted by Crippen LogP contribution is 2.18. The molecule has 114 valence electrons. The molecule has 1 aliphatic heterocycles. The summed E-state index contributed by atoms with van der Waals surface area (Å²) >= 11 is 0. The van der Waals surface area contributed by atoms with Crippen LogP contribution in [0.4, 0.5) is 4.79 Å². The number of methoxy groups -OCH3 is 1. The number of carbonyl (C=O) groups excluding carboxylic acids is 2. The molecule has 2 amide bonds. The molecule has 0 aromatic rings. The van der Waals surface area contributed by atoms with Gasteiger partial charge in [0, 0.05) is 6.54 Å². The number of ether oxygens (including phenoxy) is 1. The maximum Gasteiger partial charge on any atom is 0.337 e. The summed E-state index contributed by atoms with van der Waals surface area (Å²) in [7, 11) is 1.25. The van der Waals surface area contributed by atoms with Crippen molar-refractivity contribution in [2.45, 2.75) is 37.8 Å². The summed E-state index contributed by atoms with van der Waals surface area (Å²) in [6, 6.07) is -1.25. The van der Waals surface area contributed by atoms with Crippen molar-refractivity contribution in [3.05, 3.63) is 0 Å². The fraction of sp³-hybridized carbons (Fsp3) is 0.750. The molecule has 1 fully saturated rings. The molecule has 8 nitrogen and oxygen atoms in total. The molecular weight excluding hydrogens is 268 g/mol. The van der Waals surface area contributed by atoms with Gasteiger partial charge in [-0.3, -0.25) is 0 Å². The summed E-state index contributed by atoms with van der Waals surface area (Å²) in [4.78, 5) is 35.7. The first-order chi connectivity index (χ1) is 9.29. The first-order valence-corrected chi connectivity index (χ1v) is 6.37. The molecule has 1 heterocycles. The zero-order valence-corrected chi connectivity index (χ0v) is 11.6. The van der Waals surface area contributed by atoms with Crippen LogP contribution in [0.5, 0.6) is 0 Å². The number of carboxylic acid groups (broad SMARTS) is 1. The number of esters is 1. The number of likely N-dealkylation sites (tertiary alicyclic amines) is 1. The fourth-order valence-corrected chi connectivity index (χ4v) is 1.98. The average Bonchev–Trinajstić information content (AvgIpc) is 2.43. The van der Waals surface area contributed by atoms with Gasteiger partial charge in [0.25, 0.3) is 0 Å². The van der Waals surface area contributed by atoms with E-state index in [2.05, 4.69) is 10.1 Å². The fourth-order valence-electron chi connectivity index (χ4n) is 1.98. The summed E-state index contributed by atoms with van der Waals surface area (Å²) in [5, 5.41) is 20.6. The van der Waals surface area contributed by atoms with E-state index in [4.69, 9.17) is 5.11 Å². The SMILES string of the molecule is COC(=O)C1CCCCN1C(=O)NCC(C)(O)C(=O)O. The Morgan fingerprint density at radius 2 is 2.05 bits per heavy atom. The smallest absolute Gasteiger partial charge is 0.337 e. The van der Waals surface area contributed by atoms with Gasteiger partial charge in [-0.25, -0.2) is 14.4 Å². The third-order valence-electron chi connectivity index (χ3n) is 3.28. The number of nitrogens with one attached hydrogen (secondary N) is 1. The quantitative estimate of drug-likeness (QED) is 0.604. The third-order valence-corrected chi connectivity index (χ3v) is 3.28. The zero-order chi connectivity index (χ0) is 15.3. The van der Waals surface area contributed by atoms with Crippen LogP contribution in [0, 0.1) is 0 Å². The number of aliphatic carboxylic acids is 1. The molecule has 0 radical (unpaired) electrons. The van der Waals surface area contributed by atoms with Gasteiger partial charge in [0.15, 0.2) is 5.60 Å². The lowest BCUT2D eigenvalue weighted by Gasteiger charge is -2.34. The van der Waals surface area contributed by atoms with E-state index in [1.165, 1.54) is 12.0 Å². The first-order valence-electron chi connectivity index (χ1n) is 6.37. The van der Waals surface area contributed by atoms with Gasteiger partial charge < -0.3 is 25.2 Å². The molecule has 1 rings (SSSR count). The van der Waals surface area contributed by atoms with Crippen molar-refractivity contribution in [2.24, 2.45) is 0 Å². The molecule has 0 bridgehead atoms. The van der Waals surface area contributed by atoms with Crippen molar-refractivity contribution in [2.75, 3.05) is 20.2 Å². The highest BCUT2D eigenvalue weighted by Gasteiger charge is 2.35. The van der Waals surface area contributed by atoms with Crippen LogP contribution in [-0.4, -0.2) is 64.9 Å². The lowest BCUT2D eigenvalue weighted by atomic mass is 10.0. The largest absolute Gasteiger partial charge is 0.479 e. The number of urea groups is 1. The van der Waals surface area contributed by atoms with E-state index in [1.807, 2.05) is 0 Å². The van der Waals surface area contributed by atoms with Gasteiger partial charge in [0.2, 0.25) is 0 Å². The number of hydrogen-bond acceptors (Lipinski definition) is 5. The van der Waals surface area contributed by atoms with Gasteiger partial charge in [-0.2, -0.15) is 0 Å². The van der Waals surface area contributed by atoms with Crippen molar-refractivity contribution < 1.29 is 29.3 Å². The molecule has 8 heteroatoms. The maximum absolute atomic E-state index is 12.0. The second-order valence-corrected chi connectivity index (χ2v) is 4.97. The highest BCUT2D eigenvalue weighted by atomic mass is 16.5. The Labute approximate surface area is 116 Å². The number of rotatable bonds is 4. The van der Waals surface area contributed by atoms with E-state index >= 15 is 0 Å². The lowest BCUT2D eigenvalue weighted by Crippen LogP contribution is -2.55. The van der Waals surface area contributed by atoms with Crippen molar-refractivity contribution in [1.29, 1.82) is 0 Å². The van der Waals surface area contributed by atoms with Gasteiger partial charge in [-0.15, -0.1) is 0 Å². The molecule has 1 saturated heterocycles. The molecule has 0 aromatic carbocycles. The van der Waals surface area contributed by atoms with Crippen LogP contribution < -0.4 is 5.32 Å². The number of amides is 2. The van der Waals surface area contributed by atoms with E-state index in [-0.39, 0.29) is 0 Å².